The maximum Gasteiger partial charge on any atom is 0.328 e. The molecule has 2 amide bonds. The number of rotatable bonds is 3. The topological polar surface area (TPSA) is 66.9 Å². The van der Waals surface area contributed by atoms with E-state index >= 15 is 0 Å². The molecule has 0 aliphatic carbocycles. The third-order valence-corrected chi connectivity index (χ3v) is 6.53. The lowest BCUT2D eigenvalue weighted by atomic mass is 9.87. The van der Waals surface area contributed by atoms with Gasteiger partial charge in [-0.2, -0.15) is 0 Å². The largest absolute Gasteiger partial charge is 0.467 e. The van der Waals surface area contributed by atoms with Gasteiger partial charge in [-0.25, -0.2) is 4.79 Å². The maximum atomic E-state index is 12.8. The number of anilines is 1. The first kappa shape index (κ1) is 21.2. The van der Waals surface area contributed by atoms with Crippen molar-refractivity contribution in [3.8, 4) is 0 Å². The highest BCUT2D eigenvalue weighted by Gasteiger charge is 2.41. The number of hydrogen-bond acceptors (Lipinski definition) is 6. The zero-order valence-corrected chi connectivity index (χ0v) is 18.6. The maximum absolute atomic E-state index is 12.8. The van der Waals surface area contributed by atoms with Crippen molar-refractivity contribution in [2.24, 2.45) is 0 Å². The molecule has 1 aromatic rings. The van der Waals surface area contributed by atoms with Gasteiger partial charge < -0.3 is 9.64 Å². The monoisotopic (exact) mass is 414 g/mol. The number of nitrogens with zero attached hydrogens (tertiary/aromatic N) is 2. The van der Waals surface area contributed by atoms with Gasteiger partial charge in [0.15, 0.2) is 0 Å². The highest BCUT2D eigenvalue weighted by molar-refractivity contribution is 8.18. The van der Waals surface area contributed by atoms with Crippen LogP contribution in [0.2, 0.25) is 0 Å². The van der Waals surface area contributed by atoms with Crippen LogP contribution in [-0.4, -0.2) is 47.8 Å². The Morgan fingerprint density at radius 3 is 2.52 bits per heavy atom. The molecular formula is C22H26N2O4S. The quantitative estimate of drug-likeness (QED) is 0.545. The van der Waals surface area contributed by atoms with Crippen LogP contribution in [0, 0.1) is 6.92 Å². The van der Waals surface area contributed by atoms with E-state index in [0.717, 1.165) is 39.0 Å². The number of benzene rings is 1. The molecule has 0 aromatic heterocycles. The summed E-state index contributed by atoms with van der Waals surface area (Å²) in [6, 6.07) is 3.21. The minimum absolute atomic E-state index is 0.0856. The molecule has 1 unspecified atom stereocenters. The predicted octanol–water partition coefficient (Wildman–Crippen LogP) is 4.22. The Morgan fingerprint density at radius 2 is 1.90 bits per heavy atom. The second-order valence-electron chi connectivity index (χ2n) is 8.02. The van der Waals surface area contributed by atoms with E-state index in [0.29, 0.717) is 4.91 Å². The number of amides is 2. The fourth-order valence-corrected chi connectivity index (χ4v) is 4.60. The van der Waals surface area contributed by atoms with Crippen molar-refractivity contribution in [2.45, 2.75) is 46.2 Å². The minimum Gasteiger partial charge on any atom is -0.467 e. The minimum atomic E-state index is -0.955. The first-order valence-electron chi connectivity index (χ1n) is 9.41. The van der Waals surface area contributed by atoms with Gasteiger partial charge in [-0.15, -0.1) is 0 Å². The van der Waals surface area contributed by atoms with Gasteiger partial charge in [-0.1, -0.05) is 6.08 Å². The van der Waals surface area contributed by atoms with Crippen molar-refractivity contribution in [3.63, 3.8) is 0 Å². The van der Waals surface area contributed by atoms with Crippen molar-refractivity contribution in [2.75, 3.05) is 19.1 Å². The third kappa shape index (κ3) is 3.59. The third-order valence-electron chi connectivity index (χ3n) is 5.64. The van der Waals surface area contributed by atoms with Crippen LogP contribution in [0.5, 0.6) is 0 Å². The van der Waals surface area contributed by atoms with Crippen LogP contribution in [0.3, 0.4) is 0 Å². The van der Waals surface area contributed by atoms with Crippen molar-refractivity contribution in [1.29, 1.82) is 0 Å². The van der Waals surface area contributed by atoms with Gasteiger partial charge in [0.2, 0.25) is 0 Å². The molecule has 2 aliphatic rings. The standard InChI is InChI=1S/C22H26N2O4S/c1-12-8-17-16(13(2)11-22(4,5)23(17)6)9-15(12)10-18-19(25)24(21(27)29-18)14(3)20(26)28-7/h8-11,14H,1-7H3/b18-10-. The van der Waals surface area contributed by atoms with Gasteiger partial charge in [0.25, 0.3) is 11.1 Å². The molecule has 0 N–H and O–H groups in total. The Kier molecular flexibility index (Phi) is 5.38. The number of hydrogen-bond donors (Lipinski definition) is 0. The van der Waals surface area contributed by atoms with Crippen molar-refractivity contribution in [3.05, 3.63) is 39.8 Å². The SMILES string of the molecule is COC(=O)C(C)N1C(=O)S/C(=C\c2cc3c(cc2C)N(C)C(C)(C)C=C3C)C1=O. The van der Waals surface area contributed by atoms with E-state index in [2.05, 4.69) is 55.7 Å². The predicted molar refractivity (Wildman–Crippen MR) is 117 cm³/mol. The molecule has 1 saturated heterocycles. The van der Waals surface area contributed by atoms with E-state index in [1.165, 1.54) is 19.6 Å². The summed E-state index contributed by atoms with van der Waals surface area (Å²) < 4.78 is 4.67. The lowest BCUT2D eigenvalue weighted by Gasteiger charge is -2.41. The molecule has 1 atom stereocenters. The van der Waals surface area contributed by atoms with E-state index in [-0.39, 0.29) is 5.54 Å². The number of likely N-dealkylation sites (N-methyl/N-ethyl adjacent to an activating group) is 1. The summed E-state index contributed by atoms with van der Waals surface area (Å²) in [6.45, 7) is 9.89. The second kappa shape index (κ2) is 7.37. The molecule has 0 bridgehead atoms. The average Bonchev–Trinajstić information content (AvgIpc) is 2.92. The zero-order chi connectivity index (χ0) is 21.7. The van der Waals surface area contributed by atoms with Gasteiger partial charge in [-0.05, 0) is 81.3 Å². The van der Waals surface area contributed by atoms with Crippen LogP contribution < -0.4 is 4.90 Å². The first-order chi connectivity index (χ1) is 13.5. The number of methoxy groups -OCH3 is 1. The normalized spacial score (nSPS) is 20.7. The van der Waals surface area contributed by atoms with Gasteiger partial charge in [-0.3, -0.25) is 14.5 Å². The molecule has 0 radical (unpaired) electrons. The fourth-order valence-electron chi connectivity index (χ4n) is 3.70. The van der Waals surface area contributed by atoms with Crippen molar-refractivity contribution < 1.29 is 19.1 Å². The van der Waals surface area contributed by atoms with Crippen LogP contribution >= 0.6 is 11.8 Å². The van der Waals surface area contributed by atoms with E-state index in [1.807, 2.05) is 6.92 Å². The summed E-state index contributed by atoms with van der Waals surface area (Å²) in [4.78, 5) is 40.4. The number of aryl methyl sites for hydroxylation is 1. The number of thioether (sulfide) groups is 1. The number of esters is 1. The molecule has 29 heavy (non-hydrogen) atoms. The number of allylic oxidation sites excluding steroid dienone is 1. The van der Waals surface area contributed by atoms with E-state index < -0.39 is 23.2 Å². The Labute approximate surface area is 175 Å². The number of carbonyl (C=O) groups excluding carboxylic acids is 3. The van der Waals surface area contributed by atoms with Gasteiger partial charge in [0.05, 0.1) is 17.6 Å². The second-order valence-corrected chi connectivity index (χ2v) is 9.01. The van der Waals surface area contributed by atoms with Gasteiger partial charge >= 0.3 is 5.97 Å². The molecule has 0 saturated carbocycles. The summed E-state index contributed by atoms with van der Waals surface area (Å²) in [6.07, 6.45) is 3.96. The van der Waals surface area contributed by atoms with Crippen molar-refractivity contribution in [1.82, 2.24) is 4.90 Å². The average molecular weight is 415 g/mol. The Hall–Kier alpha value is -2.54. The number of ether oxygens (including phenoxy) is 1. The van der Waals surface area contributed by atoms with Gasteiger partial charge in [0.1, 0.15) is 6.04 Å². The summed E-state index contributed by atoms with van der Waals surface area (Å²) >= 11 is 0.846. The molecule has 6 nitrogen and oxygen atoms in total. The summed E-state index contributed by atoms with van der Waals surface area (Å²) in [7, 11) is 3.30. The zero-order valence-electron chi connectivity index (χ0n) is 17.8. The van der Waals surface area contributed by atoms with E-state index in [9.17, 15) is 14.4 Å². The highest BCUT2D eigenvalue weighted by atomic mass is 32.2. The molecule has 3 rings (SSSR count). The molecule has 7 heteroatoms. The number of carbonyl (C=O) groups is 3. The van der Waals surface area contributed by atoms with Gasteiger partial charge in [0, 0.05) is 18.3 Å². The molecule has 2 aliphatic heterocycles. The summed E-state index contributed by atoms with van der Waals surface area (Å²) in [5, 5.41) is -0.465. The van der Waals surface area contributed by atoms with Crippen LogP contribution in [-0.2, 0) is 14.3 Å². The first-order valence-corrected chi connectivity index (χ1v) is 10.2. The highest BCUT2D eigenvalue weighted by Crippen LogP contribution is 2.41. The lowest BCUT2D eigenvalue weighted by Crippen LogP contribution is -2.42. The lowest BCUT2D eigenvalue weighted by molar-refractivity contribution is -0.148. The van der Waals surface area contributed by atoms with E-state index in [1.54, 1.807) is 6.08 Å². The summed E-state index contributed by atoms with van der Waals surface area (Å²) in [5.74, 6) is -1.09. The summed E-state index contributed by atoms with van der Waals surface area (Å²) in [5.41, 5.74) is 5.21. The number of fused-ring (bicyclic) bond motifs is 1. The number of imide groups is 1. The Bertz CT molecular complexity index is 977. The smallest absolute Gasteiger partial charge is 0.328 e. The van der Waals surface area contributed by atoms with Crippen LogP contribution in [0.15, 0.2) is 23.1 Å². The molecule has 0 spiro atoms. The van der Waals surface area contributed by atoms with Crippen molar-refractivity contribution >= 4 is 46.2 Å². The molecule has 2 heterocycles. The molecular weight excluding hydrogens is 388 g/mol. The molecule has 1 fully saturated rings. The van der Waals surface area contributed by atoms with Crippen LogP contribution in [0.25, 0.3) is 11.6 Å². The fraction of sp³-hybridized carbons (Fsp3) is 0.409. The molecule has 1 aromatic carbocycles. The molecule has 154 valence electrons. The van der Waals surface area contributed by atoms with E-state index in [4.69, 9.17) is 0 Å². The Morgan fingerprint density at radius 1 is 1.24 bits per heavy atom. The Balaban J connectivity index is 2.00. The van der Waals surface area contributed by atoms with Crippen LogP contribution in [0.4, 0.5) is 10.5 Å². The van der Waals surface area contributed by atoms with Crippen LogP contribution in [0.1, 0.15) is 44.4 Å².